The van der Waals surface area contributed by atoms with Gasteiger partial charge in [0.2, 0.25) is 10.0 Å². The standard InChI is InChI=1S/C11H19N3O2S/c1-9(2)14-8-11(7-12-14)17(15,16)13-10-5-3-4-6-10/h7-10,13H,3-6H2,1-2H3. The lowest BCUT2D eigenvalue weighted by molar-refractivity contribution is 0.530. The molecule has 1 aliphatic carbocycles. The molecule has 0 spiro atoms. The van der Waals surface area contributed by atoms with Gasteiger partial charge in [-0.2, -0.15) is 5.10 Å². The Morgan fingerprint density at radius 1 is 1.41 bits per heavy atom. The summed E-state index contributed by atoms with van der Waals surface area (Å²) in [5.74, 6) is 0. The Labute approximate surface area is 102 Å². The fourth-order valence-electron chi connectivity index (χ4n) is 2.07. The van der Waals surface area contributed by atoms with Crippen LogP contribution in [0.1, 0.15) is 45.6 Å². The molecule has 2 rings (SSSR count). The Kier molecular flexibility index (Phi) is 3.53. The number of aromatic nitrogens is 2. The van der Waals surface area contributed by atoms with E-state index in [1.165, 1.54) is 6.20 Å². The third kappa shape index (κ3) is 2.87. The van der Waals surface area contributed by atoms with E-state index in [1.807, 2.05) is 13.8 Å². The molecule has 1 fully saturated rings. The molecule has 1 aromatic heterocycles. The summed E-state index contributed by atoms with van der Waals surface area (Å²) in [5.41, 5.74) is 0. The SMILES string of the molecule is CC(C)n1cc(S(=O)(=O)NC2CCCC2)cn1. The van der Waals surface area contributed by atoms with Gasteiger partial charge in [0.15, 0.2) is 0 Å². The number of hydrogen-bond donors (Lipinski definition) is 1. The van der Waals surface area contributed by atoms with Crippen molar-refractivity contribution >= 4 is 10.0 Å². The molecule has 5 nitrogen and oxygen atoms in total. The zero-order valence-corrected chi connectivity index (χ0v) is 11.1. The van der Waals surface area contributed by atoms with E-state index in [9.17, 15) is 8.42 Å². The van der Waals surface area contributed by atoms with Crippen LogP contribution in [0.15, 0.2) is 17.3 Å². The molecule has 6 heteroatoms. The van der Waals surface area contributed by atoms with Gasteiger partial charge >= 0.3 is 0 Å². The minimum Gasteiger partial charge on any atom is -0.269 e. The first-order valence-electron chi connectivity index (χ1n) is 6.05. The zero-order valence-electron chi connectivity index (χ0n) is 10.3. The van der Waals surface area contributed by atoms with Crippen LogP contribution in [-0.2, 0) is 10.0 Å². The predicted octanol–water partition coefficient (Wildman–Crippen LogP) is 1.68. The van der Waals surface area contributed by atoms with E-state index in [2.05, 4.69) is 9.82 Å². The van der Waals surface area contributed by atoms with E-state index < -0.39 is 10.0 Å². The van der Waals surface area contributed by atoms with Crippen LogP contribution in [0.5, 0.6) is 0 Å². The molecule has 1 N–H and O–H groups in total. The second-order valence-electron chi connectivity index (χ2n) is 4.85. The van der Waals surface area contributed by atoms with E-state index in [-0.39, 0.29) is 17.0 Å². The second-order valence-corrected chi connectivity index (χ2v) is 6.57. The highest BCUT2D eigenvalue weighted by atomic mass is 32.2. The number of nitrogens with zero attached hydrogens (tertiary/aromatic N) is 2. The maximum Gasteiger partial charge on any atom is 0.243 e. The van der Waals surface area contributed by atoms with Crippen LogP contribution in [0.2, 0.25) is 0 Å². The normalized spacial score (nSPS) is 18.1. The van der Waals surface area contributed by atoms with Crippen LogP contribution in [0.25, 0.3) is 0 Å². The average molecular weight is 257 g/mol. The van der Waals surface area contributed by atoms with E-state index in [0.717, 1.165) is 25.7 Å². The monoisotopic (exact) mass is 257 g/mol. The molecule has 17 heavy (non-hydrogen) atoms. The van der Waals surface area contributed by atoms with Gasteiger partial charge in [0, 0.05) is 18.3 Å². The molecule has 0 unspecified atom stereocenters. The molecular formula is C11H19N3O2S. The molecule has 0 aliphatic heterocycles. The maximum atomic E-state index is 12.1. The summed E-state index contributed by atoms with van der Waals surface area (Å²) in [5, 5.41) is 4.05. The Hall–Kier alpha value is -0.880. The zero-order chi connectivity index (χ0) is 12.5. The van der Waals surface area contributed by atoms with Crippen LogP contribution >= 0.6 is 0 Å². The minimum atomic E-state index is -3.39. The third-order valence-corrected chi connectivity index (χ3v) is 4.57. The average Bonchev–Trinajstić information content (AvgIpc) is 2.84. The van der Waals surface area contributed by atoms with Crippen molar-refractivity contribution in [1.29, 1.82) is 0 Å². The van der Waals surface area contributed by atoms with Crippen molar-refractivity contribution in [3.05, 3.63) is 12.4 Å². The van der Waals surface area contributed by atoms with Crippen LogP contribution in [-0.4, -0.2) is 24.2 Å². The van der Waals surface area contributed by atoms with Gasteiger partial charge in [-0.1, -0.05) is 12.8 Å². The minimum absolute atomic E-state index is 0.0994. The van der Waals surface area contributed by atoms with Crippen molar-refractivity contribution in [2.75, 3.05) is 0 Å². The number of nitrogens with one attached hydrogen (secondary N) is 1. The maximum absolute atomic E-state index is 12.1. The van der Waals surface area contributed by atoms with Crippen molar-refractivity contribution in [2.24, 2.45) is 0 Å². The molecule has 0 atom stereocenters. The summed E-state index contributed by atoms with van der Waals surface area (Å²) in [7, 11) is -3.39. The van der Waals surface area contributed by atoms with Gasteiger partial charge in [0.25, 0.3) is 0 Å². The molecular weight excluding hydrogens is 238 g/mol. The first-order chi connectivity index (χ1) is 7.99. The topological polar surface area (TPSA) is 64.0 Å². The van der Waals surface area contributed by atoms with Crippen molar-refractivity contribution in [3.63, 3.8) is 0 Å². The van der Waals surface area contributed by atoms with Gasteiger partial charge in [0.05, 0.1) is 6.20 Å². The number of rotatable bonds is 4. The van der Waals surface area contributed by atoms with Gasteiger partial charge in [-0.3, -0.25) is 4.68 Å². The Morgan fingerprint density at radius 2 is 2.06 bits per heavy atom. The lowest BCUT2D eigenvalue weighted by Crippen LogP contribution is -2.32. The van der Waals surface area contributed by atoms with Gasteiger partial charge in [-0.25, -0.2) is 13.1 Å². The van der Waals surface area contributed by atoms with E-state index in [1.54, 1.807) is 10.9 Å². The Balaban J connectivity index is 2.13. The van der Waals surface area contributed by atoms with Gasteiger partial charge in [-0.05, 0) is 26.7 Å². The predicted molar refractivity (Wildman–Crippen MR) is 65.2 cm³/mol. The number of sulfonamides is 1. The molecule has 1 heterocycles. The van der Waals surface area contributed by atoms with E-state index in [4.69, 9.17) is 0 Å². The highest BCUT2D eigenvalue weighted by Crippen LogP contribution is 2.20. The van der Waals surface area contributed by atoms with Crippen LogP contribution < -0.4 is 4.72 Å². The van der Waals surface area contributed by atoms with E-state index >= 15 is 0 Å². The van der Waals surface area contributed by atoms with Gasteiger partial charge in [0.1, 0.15) is 4.90 Å². The Morgan fingerprint density at radius 3 is 2.59 bits per heavy atom. The van der Waals surface area contributed by atoms with Gasteiger partial charge < -0.3 is 0 Å². The third-order valence-electron chi connectivity index (χ3n) is 3.09. The molecule has 0 saturated heterocycles. The molecule has 96 valence electrons. The van der Waals surface area contributed by atoms with E-state index in [0.29, 0.717) is 0 Å². The smallest absolute Gasteiger partial charge is 0.243 e. The summed E-state index contributed by atoms with van der Waals surface area (Å²) in [6, 6.07) is 0.271. The fourth-order valence-corrected chi connectivity index (χ4v) is 3.32. The first kappa shape index (κ1) is 12.6. The van der Waals surface area contributed by atoms with Crippen LogP contribution in [0.4, 0.5) is 0 Å². The van der Waals surface area contributed by atoms with Crippen molar-refractivity contribution in [3.8, 4) is 0 Å². The molecule has 1 aliphatic rings. The summed E-state index contributed by atoms with van der Waals surface area (Å²) in [6.07, 6.45) is 7.10. The van der Waals surface area contributed by atoms with Crippen LogP contribution in [0, 0.1) is 0 Å². The first-order valence-corrected chi connectivity index (χ1v) is 7.54. The second kappa shape index (κ2) is 4.78. The lowest BCUT2D eigenvalue weighted by atomic mass is 10.3. The lowest BCUT2D eigenvalue weighted by Gasteiger charge is -2.10. The molecule has 0 radical (unpaired) electrons. The van der Waals surface area contributed by atoms with Gasteiger partial charge in [-0.15, -0.1) is 0 Å². The summed E-state index contributed by atoms with van der Waals surface area (Å²) >= 11 is 0. The summed E-state index contributed by atoms with van der Waals surface area (Å²) in [4.78, 5) is 0.262. The van der Waals surface area contributed by atoms with Crippen molar-refractivity contribution in [2.45, 2.75) is 56.5 Å². The van der Waals surface area contributed by atoms with Crippen molar-refractivity contribution in [1.82, 2.24) is 14.5 Å². The fraction of sp³-hybridized carbons (Fsp3) is 0.727. The molecule has 0 aromatic carbocycles. The quantitative estimate of drug-likeness (QED) is 0.892. The number of hydrogen-bond acceptors (Lipinski definition) is 3. The molecule has 1 saturated carbocycles. The summed E-state index contributed by atoms with van der Waals surface area (Å²) < 4.78 is 28.5. The highest BCUT2D eigenvalue weighted by molar-refractivity contribution is 7.89. The van der Waals surface area contributed by atoms with Crippen molar-refractivity contribution < 1.29 is 8.42 Å². The highest BCUT2D eigenvalue weighted by Gasteiger charge is 2.24. The summed E-state index contributed by atoms with van der Waals surface area (Å²) in [6.45, 7) is 3.93. The molecule has 0 amide bonds. The molecule has 0 bridgehead atoms. The van der Waals surface area contributed by atoms with Crippen LogP contribution in [0.3, 0.4) is 0 Å². The Bertz CT molecular complexity index is 473. The molecule has 1 aromatic rings. The largest absolute Gasteiger partial charge is 0.269 e.